The summed E-state index contributed by atoms with van der Waals surface area (Å²) >= 11 is 6.04. The molecule has 2 aliphatic carbocycles. The standard InChI is InChI=1S/C27H28ClF4N3O4S/c28-23-8-16(27(30,31)32)12-33-26(23)39-19-9-17-3-4-18(10-19)35(17)13-15-7-24(29)22(11-21(15)14-1-2-14)25(36)34-40(37,38)20-5-6-20/h7-8,11-12,14,17-20H,1-6,9-10,13H2,(H,34,36)/t17-,18+,19+. The molecule has 1 aromatic heterocycles. The molecule has 13 heteroatoms. The van der Waals surface area contributed by atoms with Gasteiger partial charge in [0.2, 0.25) is 15.9 Å². The van der Waals surface area contributed by atoms with Gasteiger partial charge < -0.3 is 4.74 Å². The molecule has 2 saturated carbocycles. The number of carbonyl (C=O) groups excluding carboxylic acids is 1. The highest BCUT2D eigenvalue weighted by atomic mass is 35.5. The van der Waals surface area contributed by atoms with Crippen molar-refractivity contribution in [1.82, 2.24) is 14.6 Å². The van der Waals surface area contributed by atoms with Gasteiger partial charge in [0.15, 0.2) is 0 Å². The number of amides is 1. The topological polar surface area (TPSA) is 88.6 Å². The zero-order valence-electron chi connectivity index (χ0n) is 21.4. The van der Waals surface area contributed by atoms with E-state index >= 15 is 4.39 Å². The Kier molecular flexibility index (Phi) is 7.02. The Labute approximate surface area is 234 Å². The molecule has 2 aliphatic heterocycles. The highest BCUT2D eigenvalue weighted by Crippen LogP contribution is 2.45. The summed E-state index contributed by atoms with van der Waals surface area (Å²) in [5, 5.41) is -0.779. The molecule has 4 fully saturated rings. The molecule has 4 aliphatic rings. The molecular formula is C27H28ClF4N3O4S. The van der Waals surface area contributed by atoms with Gasteiger partial charge in [-0.05, 0) is 86.6 Å². The van der Waals surface area contributed by atoms with Crippen LogP contribution in [0, 0.1) is 5.82 Å². The Balaban J connectivity index is 1.16. The zero-order chi connectivity index (χ0) is 28.4. The van der Waals surface area contributed by atoms with Crippen LogP contribution in [0.4, 0.5) is 17.6 Å². The predicted octanol–water partition coefficient (Wildman–Crippen LogP) is 5.57. The second-order valence-corrected chi connectivity index (χ2v) is 13.6. The number of rotatable bonds is 8. The molecule has 3 heterocycles. The molecule has 1 aromatic carbocycles. The summed E-state index contributed by atoms with van der Waals surface area (Å²) < 4.78 is 86.4. The first-order valence-electron chi connectivity index (χ1n) is 13.4. The molecule has 7 nitrogen and oxygen atoms in total. The number of hydrogen-bond acceptors (Lipinski definition) is 6. The Morgan fingerprint density at radius 3 is 2.33 bits per heavy atom. The highest BCUT2D eigenvalue weighted by Gasteiger charge is 2.43. The Hall–Kier alpha value is -2.44. The van der Waals surface area contributed by atoms with Crippen LogP contribution >= 0.6 is 11.6 Å². The third-order valence-corrected chi connectivity index (χ3v) is 10.4. The first kappa shape index (κ1) is 27.7. The Morgan fingerprint density at radius 1 is 1.07 bits per heavy atom. The number of ether oxygens (including phenoxy) is 1. The summed E-state index contributed by atoms with van der Waals surface area (Å²) in [7, 11) is -3.80. The van der Waals surface area contributed by atoms with Crippen LogP contribution in [-0.2, 0) is 22.7 Å². The minimum atomic E-state index is -4.55. The van der Waals surface area contributed by atoms with E-state index in [0.717, 1.165) is 42.9 Å². The van der Waals surface area contributed by atoms with Crippen LogP contribution in [0.5, 0.6) is 5.88 Å². The third-order valence-electron chi connectivity index (χ3n) is 8.30. The SMILES string of the molecule is O=C(NS(=O)(=O)C1CC1)c1cc(C2CC2)c(CN2[C@@H]3CC[C@H]2C[C@@H](Oc2ncc(C(F)(F)F)cc2Cl)C3)cc1F. The van der Waals surface area contributed by atoms with Gasteiger partial charge >= 0.3 is 6.18 Å². The maximum atomic E-state index is 15.2. The van der Waals surface area contributed by atoms with Gasteiger partial charge in [0.1, 0.15) is 16.9 Å². The largest absolute Gasteiger partial charge is 0.473 e. The lowest BCUT2D eigenvalue weighted by atomic mass is 9.95. The second-order valence-electron chi connectivity index (χ2n) is 11.3. The van der Waals surface area contributed by atoms with Gasteiger partial charge in [-0.25, -0.2) is 22.5 Å². The number of fused-ring (bicyclic) bond motifs is 2. The number of nitrogens with zero attached hydrogens (tertiary/aromatic N) is 2. The van der Waals surface area contributed by atoms with Crippen molar-refractivity contribution in [3.05, 3.63) is 57.5 Å². The molecule has 0 unspecified atom stereocenters. The van der Waals surface area contributed by atoms with Crippen LogP contribution in [0.2, 0.25) is 5.02 Å². The van der Waals surface area contributed by atoms with Crippen molar-refractivity contribution in [2.45, 2.75) is 93.4 Å². The molecule has 6 rings (SSSR count). The number of carbonyl (C=O) groups is 1. The molecule has 0 radical (unpaired) electrons. The molecule has 40 heavy (non-hydrogen) atoms. The molecule has 2 aromatic rings. The highest BCUT2D eigenvalue weighted by molar-refractivity contribution is 7.91. The van der Waals surface area contributed by atoms with E-state index in [1.165, 1.54) is 12.1 Å². The lowest BCUT2D eigenvalue weighted by molar-refractivity contribution is -0.137. The van der Waals surface area contributed by atoms with Gasteiger partial charge in [0.05, 0.1) is 16.4 Å². The van der Waals surface area contributed by atoms with Gasteiger partial charge in [-0.1, -0.05) is 11.6 Å². The first-order chi connectivity index (χ1) is 18.9. The summed E-state index contributed by atoms with van der Waals surface area (Å²) in [5.74, 6) is -1.51. The van der Waals surface area contributed by atoms with E-state index in [4.69, 9.17) is 16.3 Å². The summed E-state index contributed by atoms with van der Waals surface area (Å²) in [6.07, 6.45) is 1.78. The second kappa shape index (κ2) is 10.1. The fraction of sp³-hybridized carbons (Fsp3) is 0.556. The molecule has 2 saturated heterocycles. The Morgan fingerprint density at radius 2 is 1.75 bits per heavy atom. The fourth-order valence-corrected chi connectivity index (χ4v) is 7.47. The van der Waals surface area contributed by atoms with Gasteiger partial charge in [0, 0.05) is 24.8 Å². The van der Waals surface area contributed by atoms with Crippen molar-refractivity contribution in [1.29, 1.82) is 0 Å². The minimum absolute atomic E-state index is 0.0248. The number of sulfonamides is 1. The first-order valence-corrected chi connectivity index (χ1v) is 15.3. The van der Waals surface area contributed by atoms with Crippen molar-refractivity contribution in [3.8, 4) is 5.88 Å². The molecule has 3 atom stereocenters. The normalized spacial score (nSPS) is 25.2. The van der Waals surface area contributed by atoms with Crippen molar-refractivity contribution in [3.63, 3.8) is 0 Å². The maximum Gasteiger partial charge on any atom is 0.417 e. The molecular weight excluding hydrogens is 574 g/mol. The van der Waals surface area contributed by atoms with E-state index in [9.17, 15) is 26.4 Å². The third kappa shape index (κ3) is 5.67. The molecule has 1 amide bonds. The molecule has 216 valence electrons. The summed E-state index contributed by atoms with van der Waals surface area (Å²) in [6.45, 7) is 0.479. The van der Waals surface area contributed by atoms with E-state index in [-0.39, 0.29) is 40.6 Å². The number of halogens is 5. The van der Waals surface area contributed by atoms with Crippen LogP contribution in [0.3, 0.4) is 0 Å². The van der Waals surface area contributed by atoms with E-state index in [1.54, 1.807) is 0 Å². The van der Waals surface area contributed by atoms with Crippen molar-refractivity contribution in [2.24, 2.45) is 0 Å². The zero-order valence-corrected chi connectivity index (χ0v) is 23.0. The number of piperidine rings is 1. The Bertz CT molecular complexity index is 1430. The summed E-state index contributed by atoms with van der Waals surface area (Å²) in [5.41, 5.74) is 0.455. The van der Waals surface area contributed by atoms with Gasteiger partial charge in [-0.15, -0.1) is 0 Å². The van der Waals surface area contributed by atoms with E-state index in [1.807, 2.05) is 4.72 Å². The van der Waals surface area contributed by atoms with Crippen molar-refractivity contribution >= 4 is 27.5 Å². The number of nitrogens with one attached hydrogen (secondary N) is 1. The van der Waals surface area contributed by atoms with Crippen molar-refractivity contribution in [2.75, 3.05) is 0 Å². The van der Waals surface area contributed by atoms with Gasteiger partial charge in [-0.2, -0.15) is 13.2 Å². The van der Waals surface area contributed by atoms with Crippen LogP contribution in [0.1, 0.15) is 84.3 Å². The summed E-state index contributed by atoms with van der Waals surface area (Å²) in [4.78, 5) is 18.8. The smallest absolute Gasteiger partial charge is 0.417 e. The van der Waals surface area contributed by atoms with Crippen LogP contribution < -0.4 is 9.46 Å². The van der Waals surface area contributed by atoms with Crippen LogP contribution in [0.15, 0.2) is 24.4 Å². The number of alkyl halides is 3. The number of aromatic nitrogens is 1. The van der Waals surface area contributed by atoms with E-state index in [0.29, 0.717) is 38.4 Å². The van der Waals surface area contributed by atoms with Gasteiger partial charge in [0.25, 0.3) is 5.91 Å². The average molecular weight is 602 g/mol. The average Bonchev–Trinajstić information content (AvgIpc) is 3.77. The monoisotopic (exact) mass is 601 g/mol. The number of pyridine rings is 1. The summed E-state index contributed by atoms with van der Waals surface area (Å²) in [6, 6.07) is 3.93. The minimum Gasteiger partial charge on any atom is -0.473 e. The number of hydrogen-bond donors (Lipinski definition) is 1. The quantitative estimate of drug-likeness (QED) is 0.398. The van der Waals surface area contributed by atoms with Crippen molar-refractivity contribution < 1.29 is 35.5 Å². The predicted molar refractivity (Wildman–Crippen MR) is 138 cm³/mol. The lowest BCUT2D eigenvalue weighted by Gasteiger charge is -2.39. The van der Waals surface area contributed by atoms with E-state index < -0.39 is 38.7 Å². The van der Waals surface area contributed by atoms with Crippen LogP contribution in [0.25, 0.3) is 0 Å². The van der Waals surface area contributed by atoms with Crippen LogP contribution in [-0.4, -0.2) is 47.6 Å². The number of benzene rings is 1. The molecule has 1 N–H and O–H groups in total. The maximum absolute atomic E-state index is 15.2. The lowest BCUT2D eigenvalue weighted by Crippen LogP contribution is -2.46. The fourth-order valence-electron chi connectivity index (χ4n) is 5.96. The van der Waals surface area contributed by atoms with E-state index in [2.05, 4.69) is 9.88 Å². The van der Waals surface area contributed by atoms with Gasteiger partial charge in [-0.3, -0.25) is 9.69 Å². The molecule has 2 bridgehead atoms. The molecule has 0 spiro atoms.